The Bertz CT molecular complexity index is 252. The van der Waals surface area contributed by atoms with Gasteiger partial charge in [0.2, 0.25) is 0 Å². The summed E-state index contributed by atoms with van der Waals surface area (Å²) in [6.07, 6.45) is 1.62. The maximum Gasteiger partial charge on any atom is 0.139 e. The third-order valence-electron chi connectivity index (χ3n) is 3.43. The molecule has 0 spiro atoms. The number of nitrogens with zero attached hydrogens (tertiary/aromatic N) is 3. The first kappa shape index (κ1) is 13.3. The molecule has 1 aliphatic heterocycles. The van der Waals surface area contributed by atoms with Crippen molar-refractivity contribution in [3.8, 4) is 0 Å². The lowest BCUT2D eigenvalue weighted by atomic mass is 9.99. The van der Waals surface area contributed by atoms with Crippen LogP contribution in [0.15, 0.2) is 5.16 Å². The quantitative estimate of drug-likeness (QED) is 0.319. The van der Waals surface area contributed by atoms with E-state index in [9.17, 15) is 0 Å². The summed E-state index contributed by atoms with van der Waals surface area (Å²) in [4.78, 5) is 4.84. The first-order valence-electron chi connectivity index (χ1n) is 5.86. The van der Waals surface area contributed by atoms with Crippen LogP contribution in [0.3, 0.4) is 0 Å². The zero-order chi connectivity index (χ0) is 12.2. The molecule has 0 saturated carbocycles. The van der Waals surface area contributed by atoms with E-state index in [1.54, 1.807) is 0 Å². The van der Waals surface area contributed by atoms with E-state index in [1.165, 1.54) is 0 Å². The Kier molecular flexibility index (Phi) is 4.56. The lowest BCUT2D eigenvalue weighted by Crippen LogP contribution is -2.57. The minimum atomic E-state index is 0.245. The summed E-state index contributed by atoms with van der Waals surface area (Å²) in [6.45, 7) is 8.85. The van der Waals surface area contributed by atoms with E-state index in [2.05, 4.69) is 35.9 Å². The van der Waals surface area contributed by atoms with Crippen molar-refractivity contribution in [1.29, 1.82) is 0 Å². The topological polar surface area (TPSA) is 65.1 Å². The highest BCUT2D eigenvalue weighted by Gasteiger charge is 2.30. The molecular weight excluding hydrogens is 204 g/mol. The molecule has 0 bridgehead atoms. The van der Waals surface area contributed by atoms with Crippen molar-refractivity contribution in [2.75, 3.05) is 33.2 Å². The minimum Gasteiger partial charge on any atom is -0.409 e. The highest BCUT2D eigenvalue weighted by Crippen LogP contribution is 2.18. The van der Waals surface area contributed by atoms with Crippen LogP contribution >= 0.6 is 0 Å². The second-order valence-electron chi connectivity index (χ2n) is 5.21. The maximum absolute atomic E-state index is 8.43. The van der Waals surface area contributed by atoms with E-state index in [-0.39, 0.29) is 5.54 Å². The molecule has 0 amide bonds. The van der Waals surface area contributed by atoms with Crippen molar-refractivity contribution < 1.29 is 5.21 Å². The average Bonchev–Trinajstić information content (AvgIpc) is 2.22. The molecule has 0 aromatic rings. The summed E-state index contributed by atoms with van der Waals surface area (Å²) in [5.41, 5.74) is 5.68. The van der Waals surface area contributed by atoms with E-state index >= 15 is 0 Å². The fraction of sp³-hybridized carbons (Fsp3) is 0.909. The van der Waals surface area contributed by atoms with Crippen molar-refractivity contribution in [3.63, 3.8) is 0 Å². The molecule has 1 aliphatic rings. The Balaban J connectivity index is 2.29. The second-order valence-corrected chi connectivity index (χ2v) is 5.21. The summed E-state index contributed by atoms with van der Waals surface area (Å²) in [5.74, 6) is 0.327. The molecule has 5 nitrogen and oxygen atoms in total. The molecule has 0 atom stereocenters. The summed E-state index contributed by atoms with van der Waals surface area (Å²) in [7, 11) is 2.17. The normalized spacial score (nSPS) is 23.6. The van der Waals surface area contributed by atoms with Gasteiger partial charge in [0.1, 0.15) is 5.84 Å². The molecule has 1 saturated heterocycles. The van der Waals surface area contributed by atoms with Crippen molar-refractivity contribution in [2.24, 2.45) is 10.9 Å². The van der Waals surface area contributed by atoms with Crippen LogP contribution in [0.25, 0.3) is 0 Å². The molecular formula is C11H24N4O. The maximum atomic E-state index is 8.43. The smallest absolute Gasteiger partial charge is 0.139 e. The first-order chi connectivity index (χ1) is 7.45. The van der Waals surface area contributed by atoms with E-state index < -0.39 is 0 Å². The average molecular weight is 228 g/mol. The third kappa shape index (κ3) is 3.64. The lowest BCUT2D eigenvalue weighted by Gasteiger charge is -2.45. The van der Waals surface area contributed by atoms with E-state index in [0.717, 1.165) is 32.6 Å². The molecule has 94 valence electrons. The number of likely N-dealkylation sites (N-methyl/N-ethyl adjacent to an activating group) is 1. The van der Waals surface area contributed by atoms with Gasteiger partial charge < -0.3 is 15.8 Å². The molecule has 0 aromatic carbocycles. The van der Waals surface area contributed by atoms with Crippen LogP contribution in [0.2, 0.25) is 0 Å². The fourth-order valence-electron chi connectivity index (χ4n) is 2.07. The van der Waals surface area contributed by atoms with Gasteiger partial charge in [-0.2, -0.15) is 0 Å². The van der Waals surface area contributed by atoms with Crippen LogP contribution in [0.4, 0.5) is 0 Å². The van der Waals surface area contributed by atoms with Crippen molar-refractivity contribution in [3.05, 3.63) is 0 Å². The van der Waals surface area contributed by atoms with Gasteiger partial charge in [-0.15, -0.1) is 0 Å². The van der Waals surface area contributed by atoms with Crippen LogP contribution in [0.1, 0.15) is 26.7 Å². The summed E-state index contributed by atoms with van der Waals surface area (Å²) >= 11 is 0. The summed E-state index contributed by atoms with van der Waals surface area (Å²) < 4.78 is 0. The van der Waals surface area contributed by atoms with Crippen LogP contribution in [-0.4, -0.2) is 59.6 Å². The highest BCUT2D eigenvalue weighted by molar-refractivity contribution is 5.79. The standard InChI is InChI=1S/C11H24N4O/c1-11(2)9-15(8-7-14(11)3)6-4-5-10(12)13-16/h16H,4-9H2,1-3H3,(H2,12,13). The number of oxime groups is 1. The van der Waals surface area contributed by atoms with Gasteiger partial charge in [0.15, 0.2) is 0 Å². The number of nitrogens with two attached hydrogens (primary N) is 1. The SMILES string of the molecule is CN1CCN(CCCC(N)=NO)CC1(C)C. The molecule has 5 heteroatoms. The van der Waals surface area contributed by atoms with Gasteiger partial charge in [-0.3, -0.25) is 4.90 Å². The van der Waals surface area contributed by atoms with Gasteiger partial charge in [0, 0.05) is 31.6 Å². The van der Waals surface area contributed by atoms with E-state index in [0.29, 0.717) is 12.3 Å². The molecule has 3 N–H and O–H groups in total. The Hall–Kier alpha value is -0.810. The first-order valence-corrected chi connectivity index (χ1v) is 5.86. The van der Waals surface area contributed by atoms with Crippen LogP contribution in [-0.2, 0) is 0 Å². The van der Waals surface area contributed by atoms with E-state index in [4.69, 9.17) is 10.9 Å². The van der Waals surface area contributed by atoms with Gasteiger partial charge in [-0.1, -0.05) is 5.16 Å². The summed E-state index contributed by atoms with van der Waals surface area (Å²) in [6, 6.07) is 0. The Morgan fingerprint density at radius 3 is 2.69 bits per heavy atom. The van der Waals surface area contributed by atoms with Crippen LogP contribution < -0.4 is 5.73 Å². The molecule has 0 aromatic heterocycles. The fourth-order valence-corrected chi connectivity index (χ4v) is 2.07. The molecule has 1 fully saturated rings. The summed E-state index contributed by atoms with van der Waals surface area (Å²) in [5, 5.41) is 11.4. The zero-order valence-corrected chi connectivity index (χ0v) is 10.6. The number of piperazine rings is 1. The van der Waals surface area contributed by atoms with Crippen molar-refractivity contribution in [1.82, 2.24) is 9.80 Å². The number of amidine groups is 1. The molecule has 1 heterocycles. The second kappa shape index (κ2) is 5.50. The third-order valence-corrected chi connectivity index (χ3v) is 3.43. The zero-order valence-electron chi connectivity index (χ0n) is 10.6. The molecule has 16 heavy (non-hydrogen) atoms. The van der Waals surface area contributed by atoms with Crippen molar-refractivity contribution >= 4 is 5.84 Å². The van der Waals surface area contributed by atoms with Gasteiger partial charge >= 0.3 is 0 Å². The monoisotopic (exact) mass is 228 g/mol. The van der Waals surface area contributed by atoms with Gasteiger partial charge in [-0.25, -0.2) is 0 Å². The van der Waals surface area contributed by atoms with Gasteiger partial charge in [-0.05, 0) is 33.9 Å². The molecule has 0 radical (unpaired) electrons. The number of hydrogen-bond acceptors (Lipinski definition) is 4. The van der Waals surface area contributed by atoms with E-state index in [1.807, 2.05) is 0 Å². The highest BCUT2D eigenvalue weighted by atomic mass is 16.4. The Labute approximate surface area is 97.9 Å². The lowest BCUT2D eigenvalue weighted by molar-refractivity contribution is 0.0398. The minimum absolute atomic E-state index is 0.245. The predicted molar refractivity (Wildman–Crippen MR) is 65.8 cm³/mol. The number of rotatable bonds is 4. The van der Waals surface area contributed by atoms with Gasteiger partial charge in [0.05, 0.1) is 0 Å². The Morgan fingerprint density at radius 2 is 2.12 bits per heavy atom. The molecule has 0 unspecified atom stereocenters. The molecule has 0 aliphatic carbocycles. The Morgan fingerprint density at radius 1 is 1.44 bits per heavy atom. The van der Waals surface area contributed by atoms with Gasteiger partial charge in [0.25, 0.3) is 0 Å². The van der Waals surface area contributed by atoms with Crippen molar-refractivity contribution in [2.45, 2.75) is 32.2 Å². The predicted octanol–water partition coefficient (Wildman–Crippen LogP) is 0.539. The largest absolute Gasteiger partial charge is 0.409 e. The molecule has 1 rings (SSSR count). The number of hydrogen-bond donors (Lipinski definition) is 2. The van der Waals surface area contributed by atoms with Crippen LogP contribution in [0, 0.1) is 0 Å². The van der Waals surface area contributed by atoms with Crippen LogP contribution in [0.5, 0.6) is 0 Å².